The summed E-state index contributed by atoms with van der Waals surface area (Å²) < 4.78 is 22.1. The van der Waals surface area contributed by atoms with Gasteiger partial charge in [0.15, 0.2) is 0 Å². The highest BCUT2D eigenvalue weighted by atomic mass is 32.2. The lowest BCUT2D eigenvalue weighted by Crippen LogP contribution is -2.25. The second-order valence-electron chi connectivity index (χ2n) is 7.13. The number of hydrogen-bond acceptors (Lipinski definition) is 3. The van der Waals surface area contributed by atoms with Crippen molar-refractivity contribution in [2.45, 2.75) is 25.5 Å². The van der Waals surface area contributed by atoms with E-state index in [1.165, 1.54) is 0 Å². The Morgan fingerprint density at radius 2 is 1.52 bits per heavy atom. The Labute approximate surface area is 164 Å². The van der Waals surface area contributed by atoms with Gasteiger partial charge in [0.25, 0.3) is 0 Å². The van der Waals surface area contributed by atoms with Crippen LogP contribution in [0.15, 0.2) is 83.3 Å². The van der Waals surface area contributed by atoms with Crippen molar-refractivity contribution in [2.75, 3.05) is 0 Å². The molecule has 3 rings (SSSR count). The molecule has 1 unspecified atom stereocenters. The highest BCUT2D eigenvalue weighted by molar-refractivity contribution is 7.91. The Morgan fingerprint density at radius 1 is 0.889 bits per heavy atom. The molecule has 1 atom stereocenters. The Balaban J connectivity index is 1.96. The van der Waals surface area contributed by atoms with Gasteiger partial charge in [-0.1, -0.05) is 52.9 Å². The van der Waals surface area contributed by atoms with E-state index in [-0.39, 0.29) is 4.75 Å². The standard InChI is InChI=1S/C23H23NO2S/c1-23(2,3)27(25)24-17-18-14-15-22(26-20-12-8-5-9-13-20)21(16-18)19-10-6-4-7-11-19/h4-17H,1-3H3. The summed E-state index contributed by atoms with van der Waals surface area (Å²) in [5.74, 6) is 1.55. The van der Waals surface area contributed by atoms with Gasteiger partial charge in [-0.15, -0.1) is 0 Å². The smallest absolute Gasteiger partial charge is 0.144 e. The number of ether oxygens (including phenoxy) is 1. The van der Waals surface area contributed by atoms with Crippen molar-refractivity contribution in [3.05, 3.63) is 84.4 Å². The molecular formula is C23H23NO2S. The number of para-hydroxylation sites is 1. The van der Waals surface area contributed by atoms with Crippen LogP contribution in [-0.4, -0.2) is 15.5 Å². The molecule has 27 heavy (non-hydrogen) atoms. The zero-order valence-corrected chi connectivity index (χ0v) is 16.6. The Morgan fingerprint density at radius 3 is 2.15 bits per heavy atom. The summed E-state index contributed by atoms with van der Waals surface area (Å²) in [5.41, 5.74) is 2.90. The van der Waals surface area contributed by atoms with Crippen LogP contribution in [0, 0.1) is 0 Å². The molecule has 0 amide bonds. The molecule has 0 aromatic heterocycles. The van der Waals surface area contributed by atoms with Crippen molar-refractivity contribution in [3.63, 3.8) is 0 Å². The van der Waals surface area contributed by atoms with Crippen LogP contribution in [-0.2, 0) is 11.4 Å². The summed E-state index contributed by atoms with van der Waals surface area (Å²) in [6, 6.07) is 25.6. The second kappa shape index (κ2) is 8.42. The molecule has 0 aliphatic heterocycles. The molecule has 0 heterocycles. The third-order valence-corrected chi connectivity index (χ3v) is 5.23. The molecule has 4 heteroatoms. The van der Waals surface area contributed by atoms with Crippen LogP contribution in [0.4, 0.5) is 0 Å². The quantitative estimate of drug-likeness (QED) is 0.403. The van der Waals surface area contributed by atoms with Gasteiger partial charge in [-0.2, -0.15) is 0 Å². The topological polar surface area (TPSA) is 44.7 Å². The Kier molecular flexibility index (Phi) is 5.99. The lowest BCUT2D eigenvalue weighted by molar-refractivity contribution is 0.484. The van der Waals surface area contributed by atoms with Crippen molar-refractivity contribution in [1.82, 2.24) is 0 Å². The Bertz CT molecular complexity index is 903. The fourth-order valence-electron chi connectivity index (χ4n) is 2.44. The van der Waals surface area contributed by atoms with E-state index in [1.807, 2.05) is 99.6 Å². The van der Waals surface area contributed by atoms with Gasteiger partial charge in [0.05, 0.1) is 6.21 Å². The first-order chi connectivity index (χ1) is 12.9. The van der Waals surface area contributed by atoms with Crippen LogP contribution >= 0.6 is 0 Å². The zero-order chi connectivity index (χ0) is 19.3. The van der Waals surface area contributed by atoms with Crippen LogP contribution < -0.4 is 4.74 Å². The minimum Gasteiger partial charge on any atom is -0.591 e. The fraction of sp³-hybridized carbons (Fsp3) is 0.174. The van der Waals surface area contributed by atoms with Crippen molar-refractivity contribution in [3.8, 4) is 22.6 Å². The average Bonchev–Trinajstić information content (AvgIpc) is 2.67. The molecule has 0 aliphatic carbocycles. The highest BCUT2D eigenvalue weighted by Crippen LogP contribution is 2.34. The summed E-state index contributed by atoms with van der Waals surface area (Å²) in [4.78, 5) is 0. The minimum atomic E-state index is -1.29. The van der Waals surface area contributed by atoms with Gasteiger partial charge < -0.3 is 9.29 Å². The van der Waals surface area contributed by atoms with Gasteiger partial charge in [-0.05, 0) is 62.2 Å². The predicted octanol–water partition coefficient (Wildman–Crippen LogP) is 6.03. The molecular weight excluding hydrogens is 354 g/mol. The van der Waals surface area contributed by atoms with Crippen LogP contribution in [0.3, 0.4) is 0 Å². The summed E-state index contributed by atoms with van der Waals surface area (Å²) in [6.45, 7) is 5.73. The van der Waals surface area contributed by atoms with Gasteiger partial charge in [0, 0.05) is 5.56 Å². The van der Waals surface area contributed by atoms with E-state index >= 15 is 0 Å². The van der Waals surface area contributed by atoms with Crippen LogP contribution in [0.25, 0.3) is 11.1 Å². The third kappa shape index (κ3) is 5.22. The summed E-state index contributed by atoms with van der Waals surface area (Å²) >= 11 is -1.29. The normalized spacial score (nSPS) is 12.9. The van der Waals surface area contributed by atoms with Crippen molar-refractivity contribution >= 4 is 17.6 Å². The maximum atomic E-state index is 12.2. The largest absolute Gasteiger partial charge is 0.591 e. The van der Waals surface area contributed by atoms with Crippen molar-refractivity contribution in [2.24, 2.45) is 4.40 Å². The molecule has 0 bridgehead atoms. The van der Waals surface area contributed by atoms with Gasteiger partial charge in [-0.25, -0.2) is 0 Å². The first-order valence-corrected chi connectivity index (χ1v) is 9.92. The van der Waals surface area contributed by atoms with E-state index < -0.39 is 11.4 Å². The minimum absolute atomic E-state index is 0.380. The second-order valence-corrected chi connectivity index (χ2v) is 9.07. The van der Waals surface area contributed by atoms with E-state index in [1.54, 1.807) is 6.21 Å². The van der Waals surface area contributed by atoms with Crippen LogP contribution in [0.1, 0.15) is 26.3 Å². The van der Waals surface area contributed by atoms with Gasteiger partial charge in [-0.3, -0.25) is 0 Å². The molecule has 0 fully saturated rings. The molecule has 0 radical (unpaired) electrons. The van der Waals surface area contributed by atoms with E-state index in [0.29, 0.717) is 0 Å². The predicted molar refractivity (Wildman–Crippen MR) is 114 cm³/mol. The number of hydrogen-bond donors (Lipinski definition) is 0. The average molecular weight is 378 g/mol. The number of nitrogens with zero attached hydrogens (tertiary/aromatic N) is 1. The monoisotopic (exact) mass is 377 g/mol. The molecule has 3 aromatic carbocycles. The molecule has 3 aromatic rings. The van der Waals surface area contributed by atoms with E-state index in [2.05, 4.69) is 4.40 Å². The summed E-state index contributed by atoms with van der Waals surface area (Å²) in [7, 11) is 0. The zero-order valence-electron chi connectivity index (χ0n) is 15.8. The van der Waals surface area contributed by atoms with E-state index in [4.69, 9.17) is 4.74 Å². The lowest BCUT2D eigenvalue weighted by atomic mass is 10.0. The van der Waals surface area contributed by atoms with Crippen LogP contribution in [0.5, 0.6) is 11.5 Å². The molecule has 3 nitrogen and oxygen atoms in total. The summed E-state index contributed by atoms with van der Waals surface area (Å²) in [6.07, 6.45) is 1.67. The van der Waals surface area contributed by atoms with Gasteiger partial charge >= 0.3 is 0 Å². The highest BCUT2D eigenvalue weighted by Gasteiger charge is 2.25. The van der Waals surface area contributed by atoms with E-state index in [9.17, 15) is 4.55 Å². The molecule has 0 spiro atoms. The molecule has 0 saturated heterocycles. The lowest BCUT2D eigenvalue weighted by Gasteiger charge is -2.17. The molecule has 0 saturated carbocycles. The Hall–Kier alpha value is -2.56. The maximum absolute atomic E-state index is 12.2. The fourth-order valence-corrected chi connectivity index (χ4v) is 2.98. The summed E-state index contributed by atoms with van der Waals surface area (Å²) in [5, 5.41) is 0. The molecule has 0 N–H and O–H groups in total. The van der Waals surface area contributed by atoms with Gasteiger partial charge in [0.1, 0.15) is 27.6 Å². The van der Waals surface area contributed by atoms with Gasteiger partial charge in [0.2, 0.25) is 0 Å². The SMILES string of the molecule is CC(C)(C)[S+]([O-])N=Cc1ccc(Oc2ccccc2)c(-c2ccccc2)c1. The van der Waals surface area contributed by atoms with Crippen molar-refractivity contribution < 1.29 is 9.29 Å². The molecule has 0 aliphatic rings. The van der Waals surface area contributed by atoms with Crippen LogP contribution in [0.2, 0.25) is 0 Å². The molecule has 138 valence electrons. The maximum Gasteiger partial charge on any atom is 0.144 e. The third-order valence-electron chi connectivity index (χ3n) is 3.88. The van der Waals surface area contributed by atoms with Crippen molar-refractivity contribution in [1.29, 1.82) is 0 Å². The number of benzene rings is 3. The first kappa shape index (κ1) is 19.2. The number of rotatable bonds is 5. The van der Waals surface area contributed by atoms with E-state index in [0.717, 1.165) is 28.2 Å². The first-order valence-electron chi connectivity index (χ1n) is 8.82.